The predicted octanol–water partition coefficient (Wildman–Crippen LogP) is 3.17. The van der Waals surface area contributed by atoms with Crippen molar-refractivity contribution in [1.82, 2.24) is 10.6 Å². The van der Waals surface area contributed by atoms with Gasteiger partial charge >= 0.3 is 6.09 Å². The Kier molecular flexibility index (Phi) is 6.80. The SMILES string of the molecule is CC(C)C[C@@H](CNC(=O)OC(C)(C)C)C1CCNCC1. The maximum absolute atomic E-state index is 11.8. The van der Waals surface area contributed by atoms with Gasteiger partial charge in [-0.25, -0.2) is 4.79 Å². The fourth-order valence-corrected chi connectivity index (χ4v) is 2.89. The van der Waals surface area contributed by atoms with Crippen molar-refractivity contribution in [2.75, 3.05) is 19.6 Å². The molecule has 1 rings (SSSR count). The fourth-order valence-electron chi connectivity index (χ4n) is 2.89. The number of amides is 1. The van der Waals surface area contributed by atoms with Crippen LogP contribution < -0.4 is 10.6 Å². The van der Waals surface area contributed by atoms with Crippen LogP contribution in [0.25, 0.3) is 0 Å². The van der Waals surface area contributed by atoms with E-state index in [0.717, 1.165) is 19.6 Å². The maximum Gasteiger partial charge on any atom is 0.407 e. The Morgan fingerprint density at radius 2 is 1.90 bits per heavy atom. The van der Waals surface area contributed by atoms with Crippen LogP contribution in [-0.4, -0.2) is 31.3 Å². The van der Waals surface area contributed by atoms with Crippen molar-refractivity contribution in [2.24, 2.45) is 17.8 Å². The number of hydrogen-bond donors (Lipinski definition) is 2. The van der Waals surface area contributed by atoms with Crippen LogP contribution in [0.3, 0.4) is 0 Å². The van der Waals surface area contributed by atoms with Gasteiger partial charge in [-0.15, -0.1) is 0 Å². The Morgan fingerprint density at radius 3 is 2.40 bits per heavy atom. The summed E-state index contributed by atoms with van der Waals surface area (Å²) in [7, 11) is 0. The molecule has 0 aliphatic carbocycles. The summed E-state index contributed by atoms with van der Waals surface area (Å²) >= 11 is 0. The van der Waals surface area contributed by atoms with Crippen molar-refractivity contribution in [2.45, 2.75) is 59.5 Å². The number of ether oxygens (including phenoxy) is 1. The molecule has 0 aromatic carbocycles. The van der Waals surface area contributed by atoms with Crippen LogP contribution in [0.4, 0.5) is 4.79 Å². The zero-order chi connectivity index (χ0) is 15.2. The summed E-state index contributed by atoms with van der Waals surface area (Å²) < 4.78 is 5.32. The Labute approximate surface area is 124 Å². The number of nitrogens with one attached hydrogen (secondary N) is 2. The van der Waals surface area contributed by atoms with E-state index in [2.05, 4.69) is 24.5 Å². The molecule has 1 aliphatic rings. The number of carbonyl (C=O) groups is 1. The average molecular weight is 284 g/mol. The van der Waals surface area contributed by atoms with E-state index in [1.165, 1.54) is 19.3 Å². The minimum atomic E-state index is -0.424. The van der Waals surface area contributed by atoms with Crippen LogP contribution in [-0.2, 0) is 4.74 Å². The second kappa shape index (κ2) is 7.87. The fraction of sp³-hybridized carbons (Fsp3) is 0.938. The highest BCUT2D eigenvalue weighted by atomic mass is 16.6. The Balaban J connectivity index is 2.45. The van der Waals surface area contributed by atoms with Gasteiger partial charge in [-0.2, -0.15) is 0 Å². The van der Waals surface area contributed by atoms with Gasteiger partial charge in [-0.3, -0.25) is 0 Å². The normalized spacial score (nSPS) is 18.9. The third-order valence-electron chi connectivity index (χ3n) is 3.73. The molecule has 1 aliphatic heterocycles. The van der Waals surface area contributed by atoms with Gasteiger partial charge in [0.15, 0.2) is 0 Å². The minimum absolute atomic E-state index is 0.291. The van der Waals surface area contributed by atoms with Gasteiger partial charge in [0.1, 0.15) is 5.60 Å². The van der Waals surface area contributed by atoms with Crippen molar-refractivity contribution in [3.8, 4) is 0 Å². The van der Waals surface area contributed by atoms with E-state index in [4.69, 9.17) is 4.74 Å². The van der Waals surface area contributed by atoms with Gasteiger partial charge in [0.2, 0.25) is 0 Å². The van der Waals surface area contributed by atoms with Gasteiger partial charge in [0.05, 0.1) is 0 Å². The van der Waals surface area contributed by atoms with E-state index < -0.39 is 5.60 Å². The van der Waals surface area contributed by atoms with E-state index >= 15 is 0 Å². The number of alkyl carbamates (subject to hydrolysis) is 1. The molecule has 4 heteroatoms. The maximum atomic E-state index is 11.8. The highest BCUT2D eigenvalue weighted by Gasteiger charge is 2.25. The second-order valence-electron chi connectivity index (χ2n) is 7.36. The van der Waals surface area contributed by atoms with Crippen molar-refractivity contribution >= 4 is 6.09 Å². The summed E-state index contributed by atoms with van der Waals surface area (Å²) in [5, 5.41) is 6.37. The molecular weight excluding hydrogens is 252 g/mol. The predicted molar refractivity (Wildman–Crippen MR) is 82.8 cm³/mol. The summed E-state index contributed by atoms with van der Waals surface area (Å²) in [6, 6.07) is 0. The quantitative estimate of drug-likeness (QED) is 0.815. The molecule has 1 amide bonds. The van der Waals surface area contributed by atoms with Gasteiger partial charge in [0.25, 0.3) is 0 Å². The first-order valence-corrected chi connectivity index (χ1v) is 7.95. The van der Waals surface area contributed by atoms with E-state index in [9.17, 15) is 4.79 Å². The largest absolute Gasteiger partial charge is 0.444 e. The molecule has 2 N–H and O–H groups in total. The van der Waals surface area contributed by atoms with Crippen molar-refractivity contribution < 1.29 is 9.53 Å². The lowest BCUT2D eigenvalue weighted by Crippen LogP contribution is -2.40. The van der Waals surface area contributed by atoms with E-state index in [1.807, 2.05) is 20.8 Å². The highest BCUT2D eigenvalue weighted by molar-refractivity contribution is 5.67. The van der Waals surface area contributed by atoms with Gasteiger partial charge < -0.3 is 15.4 Å². The smallest absolute Gasteiger partial charge is 0.407 e. The van der Waals surface area contributed by atoms with Crippen LogP contribution in [0.1, 0.15) is 53.9 Å². The molecule has 20 heavy (non-hydrogen) atoms. The molecule has 4 nitrogen and oxygen atoms in total. The zero-order valence-electron chi connectivity index (χ0n) is 13.8. The molecule has 1 heterocycles. The van der Waals surface area contributed by atoms with Crippen molar-refractivity contribution in [3.05, 3.63) is 0 Å². The molecule has 0 bridgehead atoms. The lowest BCUT2D eigenvalue weighted by molar-refractivity contribution is 0.0506. The molecule has 0 aromatic heterocycles. The summed E-state index contributed by atoms with van der Waals surface area (Å²) in [6.07, 6.45) is 3.31. The Bertz CT molecular complexity index is 291. The summed E-state index contributed by atoms with van der Waals surface area (Å²) in [6.45, 7) is 13.1. The number of carbonyl (C=O) groups excluding carboxylic acids is 1. The highest BCUT2D eigenvalue weighted by Crippen LogP contribution is 2.27. The average Bonchev–Trinajstić information content (AvgIpc) is 2.33. The molecule has 0 radical (unpaired) electrons. The lowest BCUT2D eigenvalue weighted by Gasteiger charge is -2.32. The molecule has 1 saturated heterocycles. The van der Waals surface area contributed by atoms with Crippen LogP contribution in [0.2, 0.25) is 0 Å². The standard InChI is InChI=1S/C16H32N2O2/c1-12(2)10-14(13-6-8-17-9-7-13)11-18-15(19)20-16(3,4)5/h12-14,17H,6-11H2,1-5H3,(H,18,19)/t14-/m0/s1. The molecular formula is C16H32N2O2. The molecule has 1 fully saturated rings. The van der Waals surface area contributed by atoms with Gasteiger partial charge in [-0.1, -0.05) is 13.8 Å². The first kappa shape index (κ1) is 17.3. The molecule has 0 aromatic rings. The monoisotopic (exact) mass is 284 g/mol. The second-order valence-corrected chi connectivity index (χ2v) is 7.36. The van der Waals surface area contributed by atoms with E-state index in [0.29, 0.717) is 17.8 Å². The van der Waals surface area contributed by atoms with E-state index in [1.54, 1.807) is 0 Å². The van der Waals surface area contributed by atoms with Crippen LogP contribution in [0.5, 0.6) is 0 Å². The topological polar surface area (TPSA) is 50.4 Å². The van der Waals surface area contributed by atoms with Crippen molar-refractivity contribution in [3.63, 3.8) is 0 Å². The Hall–Kier alpha value is -0.770. The van der Waals surface area contributed by atoms with Crippen LogP contribution in [0, 0.1) is 17.8 Å². The molecule has 0 saturated carbocycles. The summed E-state index contributed by atoms with van der Waals surface area (Å²) in [5.74, 6) is 1.94. The summed E-state index contributed by atoms with van der Waals surface area (Å²) in [4.78, 5) is 11.8. The third kappa shape index (κ3) is 7.13. The lowest BCUT2D eigenvalue weighted by atomic mass is 9.80. The number of hydrogen-bond acceptors (Lipinski definition) is 3. The zero-order valence-corrected chi connectivity index (χ0v) is 13.8. The van der Waals surface area contributed by atoms with Crippen molar-refractivity contribution in [1.29, 1.82) is 0 Å². The first-order chi connectivity index (χ1) is 9.28. The van der Waals surface area contributed by atoms with Crippen LogP contribution >= 0.6 is 0 Å². The van der Waals surface area contributed by atoms with E-state index in [-0.39, 0.29) is 6.09 Å². The molecule has 0 unspecified atom stereocenters. The number of rotatable bonds is 5. The van der Waals surface area contributed by atoms with Gasteiger partial charge in [0, 0.05) is 6.54 Å². The molecule has 0 spiro atoms. The molecule has 118 valence electrons. The van der Waals surface area contributed by atoms with Gasteiger partial charge in [-0.05, 0) is 70.9 Å². The minimum Gasteiger partial charge on any atom is -0.444 e. The Morgan fingerprint density at radius 1 is 1.30 bits per heavy atom. The van der Waals surface area contributed by atoms with Crippen LogP contribution in [0.15, 0.2) is 0 Å². The molecule has 1 atom stereocenters. The first-order valence-electron chi connectivity index (χ1n) is 7.95. The number of piperidine rings is 1. The summed E-state index contributed by atoms with van der Waals surface area (Å²) in [5.41, 5.74) is -0.424. The third-order valence-corrected chi connectivity index (χ3v) is 3.73.